The second-order valence-electron chi connectivity index (χ2n) is 4.52. The van der Waals surface area contributed by atoms with Crippen LogP contribution >= 0.6 is 0 Å². The Labute approximate surface area is 89.3 Å². The predicted molar refractivity (Wildman–Crippen MR) is 54.3 cm³/mol. The summed E-state index contributed by atoms with van der Waals surface area (Å²) in [5.41, 5.74) is 0. The predicted octanol–water partition coefficient (Wildman–Crippen LogP) is 1.25. The van der Waals surface area contributed by atoms with Crippen LogP contribution in [-0.2, 0) is 9.59 Å². The van der Waals surface area contributed by atoms with Gasteiger partial charge in [0.2, 0.25) is 5.91 Å². The van der Waals surface area contributed by atoms with E-state index >= 15 is 0 Å². The average Bonchev–Trinajstić information content (AvgIpc) is 2.12. The molecule has 1 heterocycles. The number of nitrogens with zero attached hydrogens (tertiary/aromatic N) is 1. The Morgan fingerprint density at radius 3 is 2.53 bits per heavy atom. The summed E-state index contributed by atoms with van der Waals surface area (Å²) < 4.78 is 0. The van der Waals surface area contributed by atoms with Gasteiger partial charge in [0.15, 0.2) is 0 Å². The van der Waals surface area contributed by atoms with E-state index in [4.69, 9.17) is 0 Å². The number of rotatable bonds is 3. The monoisotopic (exact) mass is 211 g/mol. The molecule has 1 atom stereocenters. The molecule has 1 unspecified atom stereocenters. The fourth-order valence-corrected chi connectivity index (χ4v) is 2.47. The van der Waals surface area contributed by atoms with Crippen LogP contribution in [-0.4, -0.2) is 34.5 Å². The van der Waals surface area contributed by atoms with Gasteiger partial charge in [0, 0.05) is 13.0 Å². The Morgan fingerprint density at radius 1 is 1.33 bits per heavy atom. The molecule has 4 nitrogen and oxygen atoms in total. The molecular formula is C11H17NO3. The molecule has 0 aromatic rings. The van der Waals surface area contributed by atoms with Gasteiger partial charge in [0.1, 0.15) is 6.04 Å². The topological polar surface area (TPSA) is 57.6 Å². The lowest BCUT2D eigenvalue weighted by atomic mass is 9.78. The second-order valence-corrected chi connectivity index (χ2v) is 4.52. The molecule has 2 aliphatic rings. The molecule has 2 fully saturated rings. The van der Waals surface area contributed by atoms with Crippen molar-refractivity contribution in [2.45, 2.75) is 44.6 Å². The van der Waals surface area contributed by atoms with Crippen LogP contribution in [0.4, 0.5) is 0 Å². The third-order valence-electron chi connectivity index (χ3n) is 3.55. The quantitative estimate of drug-likeness (QED) is 0.764. The van der Waals surface area contributed by atoms with Crippen LogP contribution in [0.5, 0.6) is 0 Å². The van der Waals surface area contributed by atoms with Gasteiger partial charge in [0.05, 0.1) is 0 Å². The lowest BCUT2D eigenvalue weighted by molar-refractivity contribution is -0.155. The first-order chi connectivity index (χ1) is 7.20. The minimum Gasteiger partial charge on any atom is -0.480 e. The van der Waals surface area contributed by atoms with E-state index in [0.717, 1.165) is 32.1 Å². The molecule has 2 rings (SSSR count). The average molecular weight is 211 g/mol. The van der Waals surface area contributed by atoms with Gasteiger partial charge in [-0.1, -0.05) is 6.42 Å². The van der Waals surface area contributed by atoms with Gasteiger partial charge in [-0.15, -0.1) is 0 Å². The van der Waals surface area contributed by atoms with Gasteiger partial charge >= 0.3 is 5.97 Å². The van der Waals surface area contributed by atoms with Crippen molar-refractivity contribution in [1.82, 2.24) is 4.90 Å². The molecule has 1 saturated carbocycles. The van der Waals surface area contributed by atoms with Crippen molar-refractivity contribution in [3.05, 3.63) is 0 Å². The molecule has 0 aromatic heterocycles. The number of carboxylic acid groups (broad SMARTS) is 1. The normalized spacial score (nSPS) is 24.8. The van der Waals surface area contributed by atoms with Crippen molar-refractivity contribution >= 4 is 11.9 Å². The number of carbonyl (C=O) groups is 2. The molecule has 4 heteroatoms. The molecule has 1 amide bonds. The lowest BCUT2D eigenvalue weighted by Gasteiger charge is -2.40. The summed E-state index contributed by atoms with van der Waals surface area (Å²) in [4.78, 5) is 24.4. The highest BCUT2D eigenvalue weighted by atomic mass is 16.4. The number of hydrogen-bond donors (Lipinski definition) is 1. The van der Waals surface area contributed by atoms with E-state index in [2.05, 4.69) is 0 Å². The van der Waals surface area contributed by atoms with Crippen LogP contribution in [0.3, 0.4) is 0 Å². The van der Waals surface area contributed by atoms with E-state index < -0.39 is 12.0 Å². The highest BCUT2D eigenvalue weighted by Crippen LogP contribution is 2.33. The fourth-order valence-electron chi connectivity index (χ4n) is 2.47. The fraction of sp³-hybridized carbons (Fsp3) is 0.818. The molecule has 0 spiro atoms. The molecule has 1 aliphatic carbocycles. The van der Waals surface area contributed by atoms with Crippen LogP contribution in [0.25, 0.3) is 0 Å². The summed E-state index contributed by atoms with van der Waals surface area (Å²) in [5.74, 6) is -0.597. The summed E-state index contributed by atoms with van der Waals surface area (Å²) >= 11 is 0. The zero-order valence-electron chi connectivity index (χ0n) is 8.82. The van der Waals surface area contributed by atoms with Gasteiger partial charge in [0.25, 0.3) is 0 Å². The number of hydrogen-bond acceptors (Lipinski definition) is 2. The van der Waals surface area contributed by atoms with Crippen LogP contribution in [0, 0.1) is 5.92 Å². The number of carboxylic acids is 1. The van der Waals surface area contributed by atoms with Gasteiger partial charge in [-0.2, -0.15) is 0 Å². The van der Waals surface area contributed by atoms with Crippen LogP contribution in [0.2, 0.25) is 0 Å². The van der Waals surface area contributed by atoms with E-state index in [1.807, 2.05) is 0 Å². The highest BCUT2D eigenvalue weighted by Gasteiger charge is 2.39. The van der Waals surface area contributed by atoms with Crippen molar-refractivity contribution in [1.29, 1.82) is 0 Å². The van der Waals surface area contributed by atoms with Crippen LogP contribution < -0.4 is 0 Å². The Balaban J connectivity index is 2.08. The van der Waals surface area contributed by atoms with E-state index in [1.165, 1.54) is 0 Å². The summed E-state index contributed by atoms with van der Waals surface area (Å²) in [7, 11) is 0. The van der Waals surface area contributed by atoms with E-state index in [-0.39, 0.29) is 11.8 Å². The first-order valence-corrected chi connectivity index (χ1v) is 5.72. The maximum Gasteiger partial charge on any atom is 0.326 e. The molecule has 15 heavy (non-hydrogen) atoms. The highest BCUT2D eigenvalue weighted by molar-refractivity contribution is 5.84. The first kappa shape index (κ1) is 10.5. The molecule has 0 radical (unpaired) electrons. The van der Waals surface area contributed by atoms with Gasteiger partial charge in [-0.3, -0.25) is 4.79 Å². The molecule has 1 N–H and O–H groups in total. The molecule has 0 bridgehead atoms. The molecule has 1 aliphatic heterocycles. The third-order valence-corrected chi connectivity index (χ3v) is 3.55. The standard InChI is InChI=1S/C11H17NO3/c13-9-6-1-2-7-12(9)10(11(14)15)8-4-3-5-8/h8,10H,1-7H2,(H,14,15). The Bertz CT molecular complexity index is 273. The zero-order valence-corrected chi connectivity index (χ0v) is 8.82. The maximum absolute atomic E-state index is 11.6. The molecular weight excluding hydrogens is 194 g/mol. The molecule has 0 aromatic carbocycles. The largest absolute Gasteiger partial charge is 0.480 e. The van der Waals surface area contributed by atoms with E-state index in [9.17, 15) is 14.7 Å². The third kappa shape index (κ3) is 1.98. The van der Waals surface area contributed by atoms with Crippen LogP contribution in [0.1, 0.15) is 38.5 Å². The van der Waals surface area contributed by atoms with Crippen molar-refractivity contribution in [2.75, 3.05) is 6.54 Å². The number of piperidine rings is 1. The van der Waals surface area contributed by atoms with Crippen molar-refractivity contribution in [2.24, 2.45) is 5.92 Å². The van der Waals surface area contributed by atoms with Gasteiger partial charge < -0.3 is 10.0 Å². The lowest BCUT2D eigenvalue weighted by Crippen LogP contribution is -2.52. The van der Waals surface area contributed by atoms with Crippen molar-refractivity contribution < 1.29 is 14.7 Å². The summed E-state index contributed by atoms with van der Waals surface area (Å²) in [6, 6.07) is -0.549. The summed E-state index contributed by atoms with van der Waals surface area (Å²) in [6.07, 6.45) is 5.41. The number of carbonyl (C=O) groups excluding carboxylic acids is 1. The number of likely N-dealkylation sites (tertiary alicyclic amines) is 1. The van der Waals surface area contributed by atoms with Gasteiger partial charge in [-0.25, -0.2) is 4.79 Å². The van der Waals surface area contributed by atoms with Crippen molar-refractivity contribution in [3.8, 4) is 0 Å². The second kappa shape index (κ2) is 4.21. The maximum atomic E-state index is 11.6. The zero-order chi connectivity index (χ0) is 10.8. The van der Waals surface area contributed by atoms with Gasteiger partial charge in [-0.05, 0) is 31.6 Å². The first-order valence-electron chi connectivity index (χ1n) is 5.72. The van der Waals surface area contributed by atoms with E-state index in [0.29, 0.717) is 13.0 Å². The van der Waals surface area contributed by atoms with Crippen molar-refractivity contribution in [3.63, 3.8) is 0 Å². The Hall–Kier alpha value is -1.06. The minimum absolute atomic E-state index is 0.0283. The number of aliphatic carboxylic acids is 1. The molecule has 1 saturated heterocycles. The Morgan fingerprint density at radius 2 is 2.07 bits per heavy atom. The number of amides is 1. The van der Waals surface area contributed by atoms with Crippen LogP contribution in [0.15, 0.2) is 0 Å². The smallest absolute Gasteiger partial charge is 0.326 e. The molecule has 84 valence electrons. The van der Waals surface area contributed by atoms with E-state index in [1.54, 1.807) is 4.90 Å². The summed E-state index contributed by atoms with van der Waals surface area (Å²) in [5, 5.41) is 9.18. The Kier molecular flexibility index (Phi) is 2.93. The minimum atomic E-state index is -0.824. The SMILES string of the molecule is O=C(O)C(C1CCC1)N1CCCCC1=O. The summed E-state index contributed by atoms with van der Waals surface area (Å²) in [6.45, 7) is 0.631.